The Labute approximate surface area is 132 Å². The van der Waals surface area contributed by atoms with Crippen LogP contribution >= 0.6 is 0 Å². The summed E-state index contributed by atoms with van der Waals surface area (Å²) in [6.07, 6.45) is 2.57. The molecule has 22 heavy (non-hydrogen) atoms. The molecule has 0 radical (unpaired) electrons. The molecule has 0 aliphatic carbocycles. The van der Waals surface area contributed by atoms with Crippen molar-refractivity contribution in [3.05, 3.63) is 23.3 Å². The van der Waals surface area contributed by atoms with Gasteiger partial charge in [0, 0.05) is 19.1 Å². The normalized spacial score (nSPS) is 28.3. The second kappa shape index (κ2) is 6.09. The molecule has 2 aliphatic rings. The van der Waals surface area contributed by atoms with Crippen molar-refractivity contribution in [2.45, 2.75) is 45.3 Å². The van der Waals surface area contributed by atoms with Crippen molar-refractivity contribution in [2.24, 2.45) is 11.8 Å². The molecule has 1 saturated heterocycles. The smallest absolute Gasteiger partial charge is 0.160 e. The first-order valence-electron chi connectivity index (χ1n) is 8.31. The van der Waals surface area contributed by atoms with Crippen LogP contribution in [0.15, 0.2) is 12.1 Å². The molecular weight excluding hydrogens is 278 g/mol. The van der Waals surface area contributed by atoms with E-state index in [0.29, 0.717) is 17.6 Å². The fraction of sp³-hybridized carbons (Fsp3) is 0.667. The standard InChI is InChI=1S/C18H27NO3/c1-11(2)6-13-10-19-5-4-12-7-17(21)18(22-3)8-14(12)15(19)9-16(13)20/h7-8,11,13,15-16,20-21H,4-6,9-10H2,1-3H3. The maximum Gasteiger partial charge on any atom is 0.160 e. The molecule has 4 heteroatoms. The summed E-state index contributed by atoms with van der Waals surface area (Å²) < 4.78 is 5.26. The number of phenolic OH excluding ortho intramolecular Hbond substituents is 1. The fourth-order valence-corrected chi connectivity index (χ4v) is 4.11. The van der Waals surface area contributed by atoms with Gasteiger partial charge >= 0.3 is 0 Å². The van der Waals surface area contributed by atoms with Crippen LogP contribution in [0, 0.1) is 11.8 Å². The fourth-order valence-electron chi connectivity index (χ4n) is 4.11. The molecule has 0 saturated carbocycles. The highest BCUT2D eigenvalue weighted by Crippen LogP contribution is 2.43. The largest absolute Gasteiger partial charge is 0.504 e. The lowest BCUT2D eigenvalue weighted by molar-refractivity contribution is -0.0191. The molecule has 2 N–H and O–H groups in total. The van der Waals surface area contributed by atoms with E-state index in [2.05, 4.69) is 18.7 Å². The number of benzene rings is 1. The summed E-state index contributed by atoms with van der Waals surface area (Å²) in [6.45, 7) is 6.41. The highest BCUT2D eigenvalue weighted by atomic mass is 16.5. The molecule has 0 spiro atoms. The van der Waals surface area contributed by atoms with Crippen molar-refractivity contribution < 1.29 is 14.9 Å². The van der Waals surface area contributed by atoms with Crippen LogP contribution in [0.2, 0.25) is 0 Å². The lowest BCUT2D eigenvalue weighted by atomic mass is 9.79. The summed E-state index contributed by atoms with van der Waals surface area (Å²) in [5.41, 5.74) is 2.40. The van der Waals surface area contributed by atoms with Gasteiger partial charge in [0.25, 0.3) is 0 Å². The van der Waals surface area contributed by atoms with Gasteiger partial charge in [0.05, 0.1) is 13.2 Å². The van der Waals surface area contributed by atoms with Crippen LogP contribution in [0.3, 0.4) is 0 Å². The first-order chi connectivity index (χ1) is 10.5. The van der Waals surface area contributed by atoms with Gasteiger partial charge in [-0.15, -0.1) is 0 Å². The SMILES string of the molecule is COc1cc2c(cc1O)CCN1CC(CC(C)C)C(O)CC21. The average Bonchev–Trinajstić information content (AvgIpc) is 2.47. The maximum absolute atomic E-state index is 10.6. The Hall–Kier alpha value is -1.26. The number of nitrogens with zero attached hydrogens (tertiary/aromatic N) is 1. The highest BCUT2D eigenvalue weighted by Gasteiger charge is 2.38. The number of aliphatic hydroxyl groups is 1. The molecule has 1 aromatic carbocycles. The Kier molecular flexibility index (Phi) is 4.33. The van der Waals surface area contributed by atoms with Gasteiger partial charge in [-0.1, -0.05) is 13.8 Å². The monoisotopic (exact) mass is 305 g/mol. The van der Waals surface area contributed by atoms with E-state index in [-0.39, 0.29) is 17.9 Å². The van der Waals surface area contributed by atoms with E-state index >= 15 is 0 Å². The zero-order chi connectivity index (χ0) is 15.9. The van der Waals surface area contributed by atoms with Gasteiger partial charge in [0.2, 0.25) is 0 Å². The molecule has 1 fully saturated rings. The first kappa shape index (κ1) is 15.6. The summed E-state index contributed by atoms with van der Waals surface area (Å²) in [6, 6.07) is 4.03. The molecular formula is C18H27NO3. The van der Waals surface area contributed by atoms with E-state index in [0.717, 1.165) is 32.4 Å². The molecule has 3 unspecified atom stereocenters. The van der Waals surface area contributed by atoms with Crippen LogP contribution < -0.4 is 4.74 Å². The quantitative estimate of drug-likeness (QED) is 0.901. The van der Waals surface area contributed by atoms with Gasteiger partial charge in [0.15, 0.2) is 11.5 Å². The molecule has 2 heterocycles. The zero-order valence-electron chi connectivity index (χ0n) is 13.7. The van der Waals surface area contributed by atoms with E-state index < -0.39 is 0 Å². The number of fused-ring (bicyclic) bond motifs is 3. The van der Waals surface area contributed by atoms with Crippen molar-refractivity contribution in [2.75, 3.05) is 20.2 Å². The van der Waals surface area contributed by atoms with Gasteiger partial charge in [-0.2, -0.15) is 0 Å². The van der Waals surface area contributed by atoms with Crippen LogP contribution in [-0.2, 0) is 6.42 Å². The van der Waals surface area contributed by atoms with Crippen LogP contribution in [0.5, 0.6) is 11.5 Å². The number of rotatable bonds is 3. The number of hydrogen-bond acceptors (Lipinski definition) is 4. The highest BCUT2D eigenvalue weighted by molar-refractivity contribution is 5.48. The predicted octanol–water partition coefficient (Wildman–Crippen LogP) is 2.73. The van der Waals surface area contributed by atoms with Crippen molar-refractivity contribution in [1.29, 1.82) is 0 Å². The van der Waals surface area contributed by atoms with E-state index in [9.17, 15) is 10.2 Å². The van der Waals surface area contributed by atoms with Crippen molar-refractivity contribution in [3.8, 4) is 11.5 Å². The molecule has 3 rings (SSSR count). The van der Waals surface area contributed by atoms with E-state index in [1.54, 1.807) is 7.11 Å². The van der Waals surface area contributed by atoms with Crippen molar-refractivity contribution >= 4 is 0 Å². The molecule has 3 atom stereocenters. The number of aromatic hydroxyl groups is 1. The minimum absolute atomic E-state index is 0.212. The van der Waals surface area contributed by atoms with Crippen LogP contribution in [0.1, 0.15) is 43.9 Å². The molecule has 1 aromatic rings. The molecule has 4 nitrogen and oxygen atoms in total. The zero-order valence-corrected chi connectivity index (χ0v) is 13.7. The second-order valence-corrected chi connectivity index (χ2v) is 7.18. The Morgan fingerprint density at radius 3 is 2.82 bits per heavy atom. The lowest BCUT2D eigenvalue weighted by Crippen LogP contribution is -2.48. The number of ether oxygens (including phenoxy) is 1. The van der Waals surface area contributed by atoms with Gasteiger partial charge in [0.1, 0.15) is 0 Å². The van der Waals surface area contributed by atoms with Crippen molar-refractivity contribution in [3.63, 3.8) is 0 Å². The van der Waals surface area contributed by atoms with Gasteiger partial charge in [-0.3, -0.25) is 4.90 Å². The van der Waals surface area contributed by atoms with E-state index in [1.807, 2.05) is 12.1 Å². The molecule has 0 amide bonds. The third kappa shape index (κ3) is 2.82. The minimum Gasteiger partial charge on any atom is -0.504 e. The average molecular weight is 305 g/mol. The van der Waals surface area contributed by atoms with Crippen LogP contribution in [0.25, 0.3) is 0 Å². The maximum atomic E-state index is 10.6. The molecule has 2 aliphatic heterocycles. The summed E-state index contributed by atoms with van der Waals surface area (Å²) in [7, 11) is 1.58. The Morgan fingerprint density at radius 2 is 2.14 bits per heavy atom. The number of hydrogen-bond donors (Lipinski definition) is 2. The van der Waals surface area contributed by atoms with Crippen LogP contribution in [0.4, 0.5) is 0 Å². The second-order valence-electron chi connectivity index (χ2n) is 7.18. The van der Waals surface area contributed by atoms with Gasteiger partial charge in [-0.05, 0) is 54.4 Å². The number of aliphatic hydroxyl groups excluding tert-OH is 1. The summed E-state index contributed by atoms with van der Waals surface area (Å²) in [5.74, 6) is 1.73. The first-order valence-corrected chi connectivity index (χ1v) is 8.31. The summed E-state index contributed by atoms with van der Waals surface area (Å²) in [4.78, 5) is 2.50. The Morgan fingerprint density at radius 1 is 1.36 bits per heavy atom. The Balaban J connectivity index is 1.86. The van der Waals surface area contributed by atoms with E-state index in [1.165, 1.54) is 11.1 Å². The minimum atomic E-state index is -0.241. The lowest BCUT2D eigenvalue weighted by Gasteiger charge is -2.46. The summed E-state index contributed by atoms with van der Waals surface area (Å²) >= 11 is 0. The number of methoxy groups -OCH3 is 1. The topological polar surface area (TPSA) is 52.9 Å². The number of phenols is 1. The molecule has 0 bridgehead atoms. The van der Waals surface area contributed by atoms with Crippen molar-refractivity contribution in [1.82, 2.24) is 4.90 Å². The van der Waals surface area contributed by atoms with Gasteiger partial charge in [-0.25, -0.2) is 0 Å². The predicted molar refractivity (Wildman–Crippen MR) is 86.2 cm³/mol. The number of piperidine rings is 1. The van der Waals surface area contributed by atoms with E-state index in [4.69, 9.17) is 4.74 Å². The molecule has 0 aromatic heterocycles. The summed E-state index contributed by atoms with van der Waals surface area (Å²) in [5, 5.41) is 20.5. The Bertz CT molecular complexity index is 543. The van der Waals surface area contributed by atoms with Crippen LogP contribution in [-0.4, -0.2) is 41.4 Å². The van der Waals surface area contributed by atoms with Gasteiger partial charge < -0.3 is 14.9 Å². The third-order valence-corrected chi connectivity index (χ3v) is 5.16. The third-order valence-electron chi connectivity index (χ3n) is 5.16. The molecule has 122 valence electrons.